The van der Waals surface area contributed by atoms with E-state index in [1.165, 1.54) is 0 Å². The largest absolute Gasteiger partial charge is 0.369 e. The Labute approximate surface area is 144 Å². The van der Waals surface area contributed by atoms with Crippen molar-refractivity contribution < 1.29 is 9.47 Å². The van der Waals surface area contributed by atoms with Crippen molar-refractivity contribution in [1.29, 1.82) is 0 Å². The van der Waals surface area contributed by atoms with Crippen LogP contribution < -0.4 is 11.2 Å². The summed E-state index contributed by atoms with van der Waals surface area (Å²) in [5.74, 6) is 0. The number of nitrogens with zero attached hydrogens (tertiary/aromatic N) is 1. The lowest BCUT2D eigenvalue weighted by atomic mass is 10.1. The van der Waals surface area contributed by atoms with Crippen LogP contribution in [0.25, 0.3) is 0 Å². The molecule has 1 aliphatic rings. The van der Waals surface area contributed by atoms with Crippen LogP contribution in [0.3, 0.4) is 0 Å². The molecule has 2 rings (SSSR count). The third kappa shape index (κ3) is 3.48. The van der Waals surface area contributed by atoms with E-state index in [0.717, 1.165) is 0 Å². The Morgan fingerprint density at radius 2 is 2.08 bits per heavy atom. The molecule has 0 bridgehead atoms. The van der Waals surface area contributed by atoms with Gasteiger partial charge in [0.15, 0.2) is 0 Å². The first kappa shape index (κ1) is 18.9. The molecule has 1 fully saturated rings. The molecule has 0 spiro atoms. The lowest BCUT2D eigenvalue weighted by molar-refractivity contribution is -0.0838. The van der Waals surface area contributed by atoms with Gasteiger partial charge < -0.3 is 9.47 Å². The van der Waals surface area contributed by atoms with Gasteiger partial charge in [0, 0.05) is 18.2 Å². The maximum atomic E-state index is 12.5. The zero-order valence-electron chi connectivity index (χ0n) is 15.4. The fraction of sp³-hybridized carbons (Fsp3) is 0.647. The van der Waals surface area contributed by atoms with Crippen molar-refractivity contribution in [3.63, 3.8) is 0 Å². The van der Waals surface area contributed by atoms with Crippen LogP contribution in [-0.4, -0.2) is 36.2 Å². The van der Waals surface area contributed by atoms with Crippen molar-refractivity contribution >= 4 is 8.80 Å². The van der Waals surface area contributed by atoms with Gasteiger partial charge >= 0.3 is 5.69 Å². The van der Waals surface area contributed by atoms with Gasteiger partial charge in [-0.15, -0.1) is 6.58 Å². The molecular formula is C17H28N2O4Si. The quantitative estimate of drug-likeness (QED) is 0.661. The number of aryl methyl sites for hydroxylation is 1. The zero-order chi connectivity index (χ0) is 18.3. The SMILES string of the molecule is C=C[C@H]1O[C@](n2cc(C)c(=O)[nH]c2=O)([SiH](C)C)C[C@@H]1OC(C)(C)C. The van der Waals surface area contributed by atoms with Crippen molar-refractivity contribution in [2.24, 2.45) is 0 Å². The Balaban J connectivity index is 2.54. The van der Waals surface area contributed by atoms with Crippen molar-refractivity contribution in [3.8, 4) is 0 Å². The topological polar surface area (TPSA) is 73.3 Å². The van der Waals surface area contributed by atoms with E-state index >= 15 is 0 Å². The van der Waals surface area contributed by atoms with Gasteiger partial charge in [-0.25, -0.2) is 4.79 Å². The van der Waals surface area contributed by atoms with Crippen LogP contribution in [0.4, 0.5) is 0 Å². The molecule has 1 N–H and O–H groups in total. The molecule has 2 heterocycles. The fourth-order valence-electron chi connectivity index (χ4n) is 3.18. The van der Waals surface area contributed by atoms with E-state index in [1.54, 1.807) is 23.8 Å². The average molecular weight is 353 g/mol. The van der Waals surface area contributed by atoms with Crippen LogP contribution >= 0.6 is 0 Å². The lowest BCUT2D eigenvalue weighted by Crippen LogP contribution is -2.52. The highest BCUT2D eigenvalue weighted by atomic mass is 28.3. The van der Waals surface area contributed by atoms with E-state index in [-0.39, 0.29) is 23.4 Å². The second-order valence-electron chi connectivity index (χ2n) is 7.73. The summed E-state index contributed by atoms with van der Waals surface area (Å²) in [4.78, 5) is 26.6. The second kappa shape index (κ2) is 6.46. The minimum absolute atomic E-state index is 0.184. The number of hydrogen-bond donors (Lipinski definition) is 1. The third-order valence-corrected chi connectivity index (χ3v) is 6.82. The zero-order valence-corrected chi connectivity index (χ0v) is 16.5. The summed E-state index contributed by atoms with van der Waals surface area (Å²) in [5.41, 5.74) is -0.637. The Bertz CT molecular complexity index is 731. The monoisotopic (exact) mass is 352 g/mol. The van der Waals surface area contributed by atoms with Crippen LogP contribution in [0, 0.1) is 6.92 Å². The minimum Gasteiger partial charge on any atom is -0.369 e. The summed E-state index contributed by atoms with van der Waals surface area (Å²) in [6, 6.07) is 0. The number of hydrogen-bond acceptors (Lipinski definition) is 4. The standard InChI is InChI=1S/C17H28N2O4Si/c1-8-12-13(22-16(3,4)5)9-17(23-12,24(6)7)19-10-11(2)14(20)18-15(19)21/h8,10,12-13,24H,1,9H2,2-7H3,(H,18,20,21)/t12-,13+,17+/m1/s1. The van der Waals surface area contributed by atoms with E-state index in [4.69, 9.17) is 9.47 Å². The first-order valence-corrected chi connectivity index (χ1v) is 11.2. The first-order chi connectivity index (χ1) is 11.0. The summed E-state index contributed by atoms with van der Waals surface area (Å²) >= 11 is 0. The molecule has 0 saturated carbocycles. The van der Waals surface area contributed by atoms with Gasteiger partial charge in [0.05, 0.1) is 20.5 Å². The summed E-state index contributed by atoms with van der Waals surface area (Å²) in [5, 5.41) is -0.749. The summed E-state index contributed by atoms with van der Waals surface area (Å²) in [7, 11) is -1.52. The molecule has 134 valence electrons. The summed E-state index contributed by atoms with van der Waals surface area (Å²) < 4.78 is 14.1. The normalized spacial score (nSPS) is 27.6. The van der Waals surface area contributed by atoms with Gasteiger partial charge in [0.1, 0.15) is 11.5 Å². The molecule has 1 aliphatic heterocycles. The summed E-state index contributed by atoms with van der Waals surface area (Å²) in [6.07, 6.45) is 3.43. The van der Waals surface area contributed by atoms with Crippen LogP contribution in [0.1, 0.15) is 32.8 Å². The van der Waals surface area contributed by atoms with E-state index in [2.05, 4.69) is 24.7 Å². The highest BCUT2D eigenvalue weighted by molar-refractivity contribution is 6.58. The van der Waals surface area contributed by atoms with Gasteiger partial charge in [-0.05, 0) is 27.7 Å². The van der Waals surface area contributed by atoms with E-state index < -0.39 is 19.8 Å². The predicted octanol–water partition coefficient (Wildman–Crippen LogP) is 1.68. The van der Waals surface area contributed by atoms with Crippen molar-refractivity contribution in [3.05, 3.63) is 45.3 Å². The molecule has 0 aromatic carbocycles. The molecule has 1 aromatic rings. The van der Waals surface area contributed by atoms with Crippen LogP contribution in [0.2, 0.25) is 13.1 Å². The summed E-state index contributed by atoms with van der Waals surface area (Å²) in [6.45, 7) is 15.8. The maximum absolute atomic E-state index is 12.5. The van der Waals surface area contributed by atoms with E-state index in [1.807, 2.05) is 20.8 Å². The molecule has 0 radical (unpaired) electrons. The van der Waals surface area contributed by atoms with Gasteiger partial charge in [0.2, 0.25) is 0 Å². The van der Waals surface area contributed by atoms with Crippen LogP contribution in [0.5, 0.6) is 0 Å². The second-order valence-corrected chi connectivity index (χ2v) is 10.9. The van der Waals surface area contributed by atoms with Gasteiger partial charge in [0.25, 0.3) is 5.56 Å². The maximum Gasteiger partial charge on any atom is 0.330 e. The number of aromatic amines is 1. The number of H-pyrrole nitrogens is 1. The number of ether oxygens (including phenoxy) is 2. The molecule has 24 heavy (non-hydrogen) atoms. The smallest absolute Gasteiger partial charge is 0.330 e. The highest BCUT2D eigenvalue weighted by Gasteiger charge is 2.51. The lowest BCUT2D eigenvalue weighted by Gasteiger charge is -2.34. The predicted molar refractivity (Wildman–Crippen MR) is 97.2 cm³/mol. The highest BCUT2D eigenvalue weighted by Crippen LogP contribution is 2.39. The number of aromatic nitrogens is 2. The van der Waals surface area contributed by atoms with Crippen LogP contribution in [0.15, 0.2) is 28.4 Å². The Morgan fingerprint density at radius 3 is 2.58 bits per heavy atom. The molecular weight excluding hydrogens is 324 g/mol. The van der Waals surface area contributed by atoms with Gasteiger partial charge in [-0.1, -0.05) is 19.2 Å². The number of rotatable bonds is 4. The molecule has 3 atom stereocenters. The first-order valence-electron chi connectivity index (χ1n) is 8.31. The molecule has 7 heteroatoms. The molecule has 6 nitrogen and oxygen atoms in total. The molecule has 0 amide bonds. The average Bonchev–Trinajstić information content (AvgIpc) is 2.80. The van der Waals surface area contributed by atoms with Gasteiger partial charge in [-0.3, -0.25) is 14.3 Å². The van der Waals surface area contributed by atoms with Crippen LogP contribution in [-0.2, 0) is 14.8 Å². The number of nitrogens with one attached hydrogen (secondary N) is 1. The third-order valence-electron chi connectivity index (χ3n) is 4.37. The molecule has 0 unspecified atom stereocenters. The minimum atomic E-state index is -1.52. The molecule has 0 aliphatic carbocycles. The Kier molecular flexibility index (Phi) is 5.08. The Morgan fingerprint density at radius 1 is 1.46 bits per heavy atom. The molecule has 1 saturated heterocycles. The van der Waals surface area contributed by atoms with E-state index in [9.17, 15) is 9.59 Å². The van der Waals surface area contributed by atoms with Gasteiger partial charge in [-0.2, -0.15) is 0 Å². The molecule has 1 aromatic heterocycles. The van der Waals surface area contributed by atoms with Crippen molar-refractivity contribution in [2.45, 2.75) is 70.4 Å². The van der Waals surface area contributed by atoms with Crippen molar-refractivity contribution in [1.82, 2.24) is 9.55 Å². The fourth-order valence-corrected chi connectivity index (χ4v) is 5.06. The van der Waals surface area contributed by atoms with Crippen molar-refractivity contribution in [2.75, 3.05) is 0 Å². The Hall–Kier alpha value is -1.44. The van der Waals surface area contributed by atoms with E-state index in [0.29, 0.717) is 12.0 Å².